The molecule has 0 unspecified atom stereocenters. The molecule has 0 aromatic heterocycles. The van der Waals surface area contributed by atoms with Crippen LogP contribution in [0, 0.1) is 5.92 Å². The molecular formula is C4H14N2O. The van der Waals surface area contributed by atoms with E-state index >= 15 is 0 Å². The van der Waals surface area contributed by atoms with Crippen LogP contribution in [0.15, 0.2) is 0 Å². The van der Waals surface area contributed by atoms with Gasteiger partial charge in [0.1, 0.15) is 0 Å². The molecule has 0 spiro atoms. The van der Waals surface area contributed by atoms with Gasteiger partial charge < -0.3 is 5.11 Å². The topological polar surface area (TPSA) is 72.3 Å². The van der Waals surface area contributed by atoms with Crippen molar-refractivity contribution < 1.29 is 5.11 Å². The largest absolute Gasteiger partial charge is 0.396 e. The molecule has 0 radical (unpaired) electrons. The summed E-state index contributed by atoms with van der Waals surface area (Å²) in [6.07, 6.45) is 0. The second kappa shape index (κ2) is 9.30. The first-order chi connectivity index (χ1) is 3.27. The zero-order chi connectivity index (χ0) is 6.28. The lowest BCUT2D eigenvalue weighted by atomic mass is 10.2. The lowest BCUT2D eigenvalue weighted by molar-refractivity contribution is 0.248. The number of hydrogen-bond acceptors (Lipinski definition) is 3. The first-order valence-corrected chi connectivity index (χ1v) is 2.21. The Kier molecular flexibility index (Phi) is 13.3. The molecule has 0 heterocycles. The van der Waals surface area contributed by atoms with Gasteiger partial charge in [0.2, 0.25) is 0 Å². The molecule has 0 aliphatic carbocycles. The Morgan fingerprint density at radius 3 is 1.57 bits per heavy atom. The SMILES string of the molecule is CC(C)CO.NN. The second-order valence-electron chi connectivity index (χ2n) is 1.58. The van der Waals surface area contributed by atoms with E-state index in [0.717, 1.165) is 0 Å². The van der Waals surface area contributed by atoms with Gasteiger partial charge in [0.05, 0.1) is 0 Å². The molecule has 0 aromatic carbocycles. The second-order valence-corrected chi connectivity index (χ2v) is 1.58. The van der Waals surface area contributed by atoms with Gasteiger partial charge in [-0.25, -0.2) is 0 Å². The summed E-state index contributed by atoms with van der Waals surface area (Å²) in [6.45, 7) is 4.25. The highest BCUT2D eigenvalue weighted by Crippen LogP contribution is 1.83. The van der Waals surface area contributed by atoms with E-state index in [-0.39, 0.29) is 0 Å². The monoisotopic (exact) mass is 106 g/mol. The summed E-state index contributed by atoms with van der Waals surface area (Å²) >= 11 is 0. The molecule has 5 N–H and O–H groups in total. The molecule has 0 saturated heterocycles. The molecule has 0 aliphatic heterocycles. The minimum absolute atomic E-state index is 0.306. The third-order valence-corrected chi connectivity index (χ3v) is 0.365. The summed E-state index contributed by atoms with van der Waals surface area (Å²) in [5, 5.41) is 8.14. The molecule has 0 fully saturated rings. The van der Waals surface area contributed by atoms with E-state index < -0.39 is 0 Å². The van der Waals surface area contributed by atoms with Crippen LogP contribution in [0.1, 0.15) is 13.8 Å². The maximum atomic E-state index is 8.14. The Labute approximate surface area is 44.3 Å². The van der Waals surface area contributed by atoms with Crippen LogP contribution in [0.5, 0.6) is 0 Å². The number of aliphatic hydroxyl groups excluding tert-OH is 1. The zero-order valence-corrected chi connectivity index (χ0v) is 4.89. The molecule has 0 aromatic rings. The lowest BCUT2D eigenvalue weighted by Gasteiger charge is -1.90. The van der Waals surface area contributed by atoms with Gasteiger partial charge in [0, 0.05) is 6.61 Å². The highest BCUT2D eigenvalue weighted by atomic mass is 16.3. The van der Waals surface area contributed by atoms with Gasteiger partial charge in [-0.15, -0.1) is 0 Å². The first-order valence-electron chi connectivity index (χ1n) is 2.21. The molecule has 0 bridgehead atoms. The third kappa shape index (κ3) is 25.0. The number of hydrazine groups is 1. The Hall–Kier alpha value is -0.120. The Bertz CT molecular complexity index is 23.7. The minimum Gasteiger partial charge on any atom is -0.396 e. The number of nitrogens with two attached hydrogens (primary N) is 2. The number of hydrogen-bond donors (Lipinski definition) is 3. The third-order valence-electron chi connectivity index (χ3n) is 0.365. The fraction of sp³-hybridized carbons (Fsp3) is 1.00. The van der Waals surface area contributed by atoms with Crippen molar-refractivity contribution in [2.45, 2.75) is 13.8 Å². The van der Waals surface area contributed by atoms with Crippen molar-refractivity contribution in [3.63, 3.8) is 0 Å². The van der Waals surface area contributed by atoms with Crippen LogP contribution in [-0.4, -0.2) is 11.7 Å². The van der Waals surface area contributed by atoms with Gasteiger partial charge >= 0.3 is 0 Å². The predicted molar refractivity (Wildman–Crippen MR) is 30.3 cm³/mol. The van der Waals surface area contributed by atoms with E-state index in [9.17, 15) is 0 Å². The van der Waals surface area contributed by atoms with Gasteiger partial charge in [0.15, 0.2) is 0 Å². The molecule has 7 heavy (non-hydrogen) atoms. The Morgan fingerprint density at radius 2 is 1.57 bits per heavy atom. The normalized spacial score (nSPS) is 7.71. The first kappa shape index (κ1) is 9.99. The molecule has 3 heteroatoms. The highest BCUT2D eigenvalue weighted by Gasteiger charge is 1.81. The standard InChI is InChI=1S/C4H10O.H4N2/c1-4(2)3-5;1-2/h4-5H,3H2,1-2H3;1-2H2. The summed E-state index contributed by atoms with van der Waals surface area (Å²) in [4.78, 5) is 0. The van der Waals surface area contributed by atoms with Gasteiger partial charge in [-0.1, -0.05) is 13.8 Å². The summed E-state index contributed by atoms with van der Waals surface area (Å²) in [7, 11) is 0. The maximum Gasteiger partial charge on any atom is 0.0453 e. The van der Waals surface area contributed by atoms with Crippen LogP contribution in [0.25, 0.3) is 0 Å². The van der Waals surface area contributed by atoms with Crippen LogP contribution >= 0.6 is 0 Å². The predicted octanol–water partition coefficient (Wildman–Crippen LogP) is -0.546. The summed E-state index contributed by atoms with van der Waals surface area (Å²) in [5.41, 5.74) is 0. The average molecular weight is 106 g/mol. The van der Waals surface area contributed by atoms with Crippen molar-refractivity contribution in [1.29, 1.82) is 0 Å². The van der Waals surface area contributed by atoms with Crippen molar-refractivity contribution in [2.75, 3.05) is 6.61 Å². The van der Waals surface area contributed by atoms with Crippen molar-refractivity contribution in [2.24, 2.45) is 17.6 Å². The molecule has 3 nitrogen and oxygen atoms in total. The van der Waals surface area contributed by atoms with Crippen LogP contribution in [0.4, 0.5) is 0 Å². The van der Waals surface area contributed by atoms with Crippen LogP contribution in [-0.2, 0) is 0 Å². The van der Waals surface area contributed by atoms with Crippen LogP contribution < -0.4 is 11.7 Å². The highest BCUT2D eigenvalue weighted by molar-refractivity contribution is 4.32. The zero-order valence-electron chi connectivity index (χ0n) is 4.89. The molecule has 46 valence electrons. The van der Waals surface area contributed by atoms with Crippen molar-refractivity contribution in [1.82, 2.24) is 0 Å². The minimum atomic E-state index is 0.306. The summed E-state index contributed by atoms with van der Waals surface area (Å²) in [5.74, 6) is 8.44. The Morgan fingerprint density at radius 1 is 1.43 bits per heavy atom. The maximum absolute atomic E-state index is 8.14. The van der Waals surface area contributed by atoms with E-state index in [4.69, 9.17) is 5.11 Å². The van der Waals surface area contributed by atoms with Crippen molar-refractivity contribution >= 4 is 0 Å². The fourth-order valence-corrected chi connectivity index (χ4v) is 0. The lowest BCUT2D eigenvalue weighted by Crippen LogP contribution is -2.02. The fourth-order valence-electron chi connectivity index (χ4n) is 0. The molecule has 0 amide bonds. The van der Waals surface area contributed by atoms with Crippen molar-refractivity contribution in [3.8, 4) is 0 Å². The van der Waals surface area contributed by atoms with E-state index in [1.807, 2.05) is 13.8 Å². The molecule has 0 aliphatic rings. The van der Waals surface area contributed by atoms with E-state index in [1.54, 1.807) is 0 Å². The number of aliphatic hydroxyl groups is 1. The molecule has 0 atom stereocenters. The van der Waals surface area contributed by atoms with E-state index in [0.29, 0.717) is 12.5 Å². The average Bonchev–Trinajstić information content (AvgIpc) is 1.73. The smallest absolute Gasteiger partial charge is 0.0453 e. The van der Waals surface area contributed by atoms with E-state index in [2.05, 4.69) is 11.7 Å². The van der Waals surface area contributed by atoms with Crippen LogP contribution in [0.3, 0.4) is 0 Å². The van der Waals surface area contributed by atoms with Gasteiger partial charge in [-0.2, -0.15) is 0 Å². The van der Waals surface area contributed by atoms with Gasteiger partial charge in [0.25, 0.3) is 0 Å². The number of rotatable bonds is 1. The van der Waals surface area contributed by atoms with Crippen LogP contribution in [0.2, 0.25) is 0 Å². The summed E-state index contributed by atoms with van der Waals surface area (Å²) in [6, 6.07) is 0. The molecule has 0 saturated carbocycles. The van der Waals surface area contributed by atoms with E-state index in [1.165, 1.54) is 0 Å². The van der Waals surface area contributed by atoms with Gasteiger partial charge in [-0.3, -0.25) is 11.7 Å². The van der Waals surface area contributed by atoms with Gasteiger partial charge in [-0.05, 0) is 5.92 Å². The Balaban J connectivity index is 0. The summed E-state index contributed by atoms with van der Waals surface area (Å²) < 4.78 is 0. The quantitative estimate of drug-likeness (QED) is 0.310. The molecule has 0 rings (SSSR count). The molecular weight excluding hydrogens is 92.1 g/mol. The van der Waals surface area contributed by atoms with Crippen molar-refractivity contribution in [3.05, 3.63) is 0 Å².